The van der Waals surface area contributed by atoms with Crippen molar-refractivity contribution in [3.05, 3.63) is 39.9 Å². The predicted molar refractivity (Wildman–Crippen MR) is 249 cm³/mol. The van der Waals surface area contributed by atoms with E-state index in [2.05, 4.69) is 50.6 Å². The van der Waals surface area contributed by atoms with Crippen LogP contribution in [0.15, 0.2) is 29.3 Å². The lowest BCUT2D eigenvalue weighted by Gasteiger charge is -2.67. The number of Topliss-reactive ketones (excluding diaryl/α,β-unsaturated/α-hetero) is 2. The van der Waals surface area contributed by atoms with Gasteiger partial charge >= 0.3 is 5.97 Å². The van der Waals surface area contributed by atoms with E-state index in [-0.39, 0.29) is 63.5 Å². The summed E-state index contributed by atoms with van der Waals surface area (Å²) in [5, 5.41) is 19.5. The van der Waals surface area contributed by atoms with Crippen molar-refractivity contribution in [2.75, 3.05) is 19.6 Å². The van der Waals surface area contributed by atoms with Crippen LogP contribution in [0.5, 0.6) is 5.75 Å². The number of fused-ring (bicyclic) bond motifs is 7. The number of hydrogen-bond donors (Lipinski definition) is 4. The summed E-state index contributed by atoms with van der Waals surface area (Å²) in [6.45, 7) is 19.4. The first-order valence-electron chi connectivity index (χ1n) is 25.0. The molecule has 2 amide bonds. The molecule has 12 atom stereocenters. The highest BCUT2D eigenvalue weighted by Crippen LogP contribution is 2.72. The molecule has 1 aromatic carbocycles. The monoisotopic (exact) mass is 902 g/mol. The number of carboxylic acids is 1. The molecule has 0 aromatic heterocycles. The highest BCUT2D eigenvalue weighted by molar-refractivity contribution is 6.30. The molecule has 1 saturated heterocycles. The highest BCUT2D eigenvalue weighted by atomic mass is 35.5. The minimum atomic E-state index is -1.21. The van der Waals surface area contributed by atoms with Crippen LogP contribution in [-0.4, -0.2) is 65.7 Å². The largest absolute Gasteiger partial charge is 0.489 e. The molecule has 4 N–H and O–H groups in total. The first-order chi connectivity index (χ1) is 30.2. The van der Waals surface area contributed by atoms with E-state index in [1.165, 1.54) is 18.4 Å². The van der Waals surface area contributed by atoms with E-state index >= 15 is 0 Å². The highest BCUT2D eigenvalue weighted by Gasteiger charge is 2.65. The van der Waals surface area contributed by atoms with Crippen LogP contribution in [0.2, 0.25) is 5.02 Å². The molecule has 7 aliphatic rings. The first-order valence-corrected chi connectivity index (χ1v) is 25.4. The van der Waals surface area contributed by atoms with Crippen LogP contribution in [0.25, 0.3) is 0 Å². The Balaban J connectivity index is 0.929. The van der Waals surface area contributed by atoms with Crippen LogP contribution in [0.1, 0.15) is 156 Å². The second-order valence-corrected chi connectivity index (χ2v) is 23.6. The molecule has 64 heavy (non-hydrogen) atoms. The lowest BCUT2D eigenvalue weighted by molar-refractivity contribution is -0.172. The smallest absolute Gasteiger partial charge is 0.306 e. The SMILES string of the molecule is CC(C)C1=C2C3CCC4C(C)(CCC5C(C)C(CC(=O)C6CC(C(=O)O)C6C)CCC54C)C3CCC2(CCNC(=O)C(C)(C)NC(=O)c2ccc(Cl)cc2OC2CCNCC2)CC1=O. The number of benzene rings is 1. The maximum Gasteiger partial charge on any atom is 0.306 e. The van der Waals surface area contributed by atoms with Crippen LogP contribution in [0.3, 0.4) is 0 Å². The van der Waals surface area contributed by atoms with Crippen LogP contribution >= 0.6 is 11.6 Å². The second-order valence-electron chi connectivity index (χ2n) is 23.2. The Morgan fingerprint density at radius 3 is 2.30 bits per heavy atom. The molecule has 11 heteroatoms. The van der Waals surface area contributed by atoms with Crippen LogP contribution in [0, 0.1) is 75.4 Å². The molecule has 8 rings (SSSR count). The lowest BCUT2D eigenvalue weighted by Crippen LogP contribution is -2.60. The predicted octanol–water partition coefficient (Wildman–Crippen LogP) is 9.62. The molecular weight excluding hydrogens is 826 g/mol. The molecule has 1 aliphatic heterocycles. The number of halogens is 1. The second kappa shape index (κ2) is 17.8. The van der Waals surface area contributed by atoms with Crippen molar-refractivity contribution in [2.45, 2.75) is 157 Å². The minimum absolute atomic E-state index is 0.0239. The molecule has 6 fully saturated rings. The number of hydrogen-bond acceptors (Lipinski definition) is 7. The first kappa shape index (κ1) is 47.3. The summed E-state index contributed by atoms with van der Waals surface area (Å²) in [6, 6.07) is 5.00. The zero-order valence-corrected chi connectivity index (χ0v) is 40.6. The molecule has 0 bridgehead atoms. The van der Waals surface area contributed by atoms with Gasteiger partial charge in [-0.2, -0.15) is 0 Å². The molecule has 6 aliphatic carbocycles. The van der Waals surface area contributed by atoms with Crippen molar-refractivity contribution in [3.63, 3.8) is 0 Å². The van der Waals surface area contributed by atoms with Crippen molar-refractivity contribution in [1.29, 1.82) is 0 Å². The van der Waals surface area contributed by atoms with Gasteiger partial charge in [0.25, 0.3) is 5.91 Å². The van der Waals surface area contributed by atoms with Crippen molar-refractivity contribution >= 4 is 41.0 Å². The number of carbonyl (C=O) groups is 5. The summed E-state index contributed by atoms with van der Waals surface area (Å²) in [7, 11) is 0. The molecule has 10 nitrogen and oxygen atoms in total. The van der Waals surface area contributed by atoms with Gasteiger partial charge in [0.2, 0.25) is 5.91 Å². The van der Waals surface area contributed by atoms with E-state index < -0.39 is 17.4 Å². The van der Waals surface area contributed by atoms with Gasteiger partial charge < -0.3 is 25.8 Å². The van der Waals surface area contributed by atoms with E-state index in [1.54, 1.807) is 32.0 Å². The fourth-order valence-electron chi connectivity index (χ4n) is 15.6. The number of allylic oxidation sites excluding steroid dienone is 2. The fourth-order valence-corrected chi connectivity index (χ4v) is 15.8. The molecule has 1 heterocycles. The third-order valence-corrected chi connectivity index (χ3v) is 19.4. The number of aliphatic carboxylic acids is 1. The Labute approximate surface area is 387 Å². The van der Waals surface area contributed by atoms with E-state index in [1.807, 2.05) is 6.92 Å². The summed E-state index contributed by atoms with van der Waals surface area (Å²) in [6.07, 6.45) is 12.8. The van der Waals surface area contributed by atoms with Gasteiger partial charge in [-0.05, 0) is 186 Å². The molecule has 1 aromatic rings. The lowest BCUT2D eigenvalue weighted by atomic mass is 9.37. The number of piperidine rings is 1. The summed E-state index contributed by atoms with van der Waals surface area (Å²) < 4.78 is 6.27. The minimum Gasteiger partial charge on any atom is -0.489 e. The third kappa shape index (κ3) is 8.29. The van der Waals surface area contributed by atoms with Gasteiger partial charge in [-0.1, -0.05) is 58.7 Å². The van der Waals surface area contributed by atoms with Gasteiger partial charge in [0.15, 0.2) is 5.78 Å². The van der Waals surface area contributed by atoms with Crippen LogP contribution in [-0.2, 0) is 19.2 Å². The van der Waals surface area contributed by atoms with Crippen molar-refractivity contribution in [1.82, 2.24) is 16.0 Å². The van der Waals surface area contributed by atoms with Gasteiger partial charge in [0.05, 0.1) is 11.5 Å². The number of ether oxygens (including phenoxy) is 1. The number of ketones is 2. The van der Waals surface area contributed by atoms with E-state index in [4.69, 9.17) is 16.3 Å². The van der Waals surface area contributed by atoms with Gasteiger partial charge in [-0.25, -0.2) is 0 Å². The summed E-state index contributed by atoms with van der Waals surface area (Å²) in [4.78, 5) is 67.0. The maximum absolute atomic E-state index is 14.2. The molecular formula is C53H76ClN3O7. The van der Waals surface area contributed by atoms with Gasteiger partial charge in [0.1, 0.15) is 23.2 Å². The molecule has 12 unspecified atom stereocenters. The summed E-state index contributed by atoms with van der Waals surface area (Å²) in [5.41, 5.74) is 1.69. The Bertz CT molecular complexity index is 2060. The van der Waals surface area contributed by atoms with Crippen molar-refractivity contribution in [2.24, 2.45) is 75.4 Å². The Morgan fingerprint density at radius 2 is 1.61 bits per heavy atom. The van der Waals surface area contributed by atoms with Gasteiger partial charge in [-0.3, -0.25) is 24.0 Å². The number of amides is 2. The van der Waals surface area contributed by atoms with E-state index in [9.17, 15) is 29.1 Å². The van der Waals surface area contributed by atoms with Gasteiger partial charge in [-0.15, -0.1) is 0 Å². The maximum atomic E-state index is 14.2. The topological polar surface area (TPSA) is 151 Å². The number of nitrogens with one attached hydrogen (secondary N) is 3. The van der Waals surface area contributed by atoms with E-state index in [0.29, 0.717) is 84.1 Å². The Hall–Kier alpha value is -3.24. The van der Waals surface area contributed by atoms with Crippen LogP contribution < -0.4 is 20.7 Å². The molecule has 0 radical (unpaired) electrons. The van der Waals surface area contributed by atoms with Crippen molar-refractivity contribution in [3.8, 4) is 5.75 Å². The van der Waals surface area contributed by atoms with Crippen molar-refractivity contribution < 1.29 is 33.8 Å². The summed E-state index contributed by atoms with van der Waals surface area (Å²) >= 11 is 6.34. The zero-order chi connectivity index (χ0) is 46.1. The number of rotatable bonds is 13. The number of carboxylic acid groups (broad SMARTS) is 1. The average molecular weight is 903 g/mol. The quantitative estimate of drug-likeness (QED) is 0.153. The standard InChI is InChI=1S/C53H76ClN3O7/c1-29(2)45-42(59)28-53(21-24-56-49(63)50(5,6)57-47(60)36-10-9-33(54)26-43(36)64-34-16-22-55-23-17-34)20-15-40-35(46(45)53)11-12-44-51(7)18-13-32(30(3)39(51)14-19-52(40,44)8)25-41(58)37-27-38(31(37)4)48(61)62/h9-10,26,29-32,34-35,37-40,44,55H,11-25,27-28H2,1-8H3,(H,56,63)(H,57,60)(H,61,62). The Morgan fingerprint density at radius 1 is 0.922 bits per heavy atom. The average Bonchev–Trinajstić information content (AvgIpc) is 3.53. The van der Waals surface area contributed by atoms with Crippen LogP contribution in [0.4, 0.5) is 0 Å². The molecule has 352 valence electrons. The normalized spacial score (nSPS) is 37.4. The Kier molecular flexibility index (Phi) is 13.1. The fraction of sp³-hybridized carbons (Fsp3) is 0.755. The number of carbonyl (C=O) groups excluding carboxylic acids is 4. The van der Waals surface area contributed by atoms with Gasteiger partial charge in [0, 0.05) is 35.7 Å². The molecule has 5 saturated carbocycles. The third-order valence-electron chi connectivity index (χ3n) is 19.1. The van der Waals surface area contributed by atoms with E-state index in [0.717, 1.165) is 70.0 Å². The summed E-state index contributed by atoms with van der Waals surface area (Å²) in [5.74, 6) is 1.98. The molecule has 0 spiro atoms. The zero-order valence-electron chi connectivity index (χ0n) is 39.9.